The van der Waals surface area contributed by atoms with Gasteiger partial charge in [0.25, 0.3) is 0 Å². The second kappa shape index (κ2) is 5.55. The molecule has 2 aromatic rings. The number of aromatic nitrogens is 5. The smallest absolute Gasteiger partial charge is 0.150 e. The second-order valence-electron chi connectivity index (χ2n) is 3.76. The molecule has 17 heavy (non-hydrogen) atoms. The number of rotatable bonds is 6. The molecule has 2 heterocycles. The van der Waals surface area contributed by atoms with Gasteiger partial charge < -0.3 is 20.0 Å². The molecule has 0 radical (unpaired) electrons. The Morgan fingerprint density at radius 3 is 3.18 bits per heavy atom. The summed E-state index contributed by atoms with van der Waals surface area (Å²) in [6, 6.07) is -0.199. The second-order valence-corrected chi connectivity index (χ2v) is 3.76. The van der Waals surface area contributed by atoms with Gasteiger partial charge in [0.05, 0.1) is 19.0 Å². The zero-order valence-corrected chi connectivity index (χ0v) is 9.71. The Hall–Kier alpha value is -1.73. The van der Waals surface area contributed by atoms with Gasteiger partial charge in [-0.15, -0.1) is 10.2 Å². The normalized spacial score (nSPS) is 12.8. The summed E-state index contributed by atoms with van der Waals surface area (Å²) < 4.78 is 6.93. The predicted molar refractivity (Wildman–Crippen MR) is 61.1 cm³/mol. The third-order valence-corrected chi connectivity index (χ3v) is 2.51. The number of ether oxygens (including phenoxy) is 1. The molecule has 1 atom stereocenters. The molecule has 0 saturated heterocycles. The number of nitrogens with two attached hydrogens (primary N) is 1. The maximum absolute atomic E-state index is 6.09. The number of nitrogens with zero attached hydrogens (tertiary/aromatic N) is 4. The molecule has 0 fully saturated rings. The standard InChI is InChI=1S/C10H16N6O/c1-17-3-2-16-7-14-15-10(16)9(11)4-8-5-12-6-13-8/h5-7,9H,2-4,11H2,1H3,(H,12,13)/t9-/m1/s1. The van der Waals surface area contributed by atoms with Gasteiger partial charge in [-0.3, -0.25) is 0 Å². The lowest BCUT2D eigenvalue weighted by Crippen LogP contribution is -2.20. The van der Waals surface area contributed by atoms with Crippen molar-refractivity contribution >= 4 is 0 Å². The molecule has 2 rings (SSSR count). The zero-order valence-electron chi connectivity index (χ0n) is 9.71. The minimum Gasteiger partial charge on any atom is -0.383 e. The van der Waals surface area contributed by atoms with Crippen molar-refractivity contribution in [2.24, 2.45) is 5.73 Å². The van der Waals surface area contributed by atoms with Gasteiger partial charge >= 0.3 is 0 Å². The fraction of sp³-hybridized carbons (Fsp3) is 0.500. The van der Waals surface area contributed by atoms with Crippen LogP contribution >= 0.6 is 0 Å². The molecule has 0 spiro atoms. The van der Waals surface area contributed by atoms with E-state index in [2.05, 4.69) is 20.2 Å². The van der Waals surface area contributed by atoms with E-state index >= 15 is 0 Å². The van der Waals surface area contributed by atoms with Crippen LogP contribution in [0.1, 0.15) is 17.6 Å². The van der Waals surface area contributed by atoms with Crippen molar-refractivity contribution in [1.29, 1.82) is 0 Å². The van der Waals surface area contributed by atoms with E-state index in [4.69, 9.17) is 10.5 Å². The topological polar surface area (TPSA) is 94.6 Å². The highest BCUT2D eigenvalue weighted by Gasteiger charge is 2.14. The van der Waals surface area contributed by atoms with E-state index in [9.17, 15) is 0 Å². The van der Waals surface area contributed by atoms with Crippen molar-refractivity contribution in [3.05, 3.63) is 30.4 Å². The van der Waals surface area contributed by atoms with E-state index in [1.165, 1.54) is 0 Å². The fourth-order valence-corrected chi connectivity index (χ4v) is 1.64. The van der Waals surface area contributed by atoms with Gasteiger partial charge in [0.1, 0.15) is 12.2 Å². The maximum Gasteiger partial charge on any atom is 0.150 e. The van der Waals surface area contributed by atoms with Crippen molar-refractivity contribution in [1.82, 2.24) is 24.7 Å². The first-order valence-corrected chi connectivity index (χ1v) is 5.40. The summed E-state index contributed by atoms with van der Waals surface area (Å²) in [7, 11) is 1.66. The van der Waals surface area contributed by atoms with E-state index in [0.717, 1.165) is 11.5 Å². The van der Waals surface area contributed by atoms with Crippen molar-refractivity contribution in [3.63, 3.8) is 0 Å². The van der Waals surface area contributed by atoms with Crippen LogP contribution in [0, 0.1) is 0 Å². The number of aromatic amines is 1. The molecule has 0 saturated carbocycles. The molecule has 3 N–H and O–H groups in total. The number of methoxy groups -OCH3 is 1. The Morgan fingerprint density at radius 2 is 2.47 bits per heavy atom. The van der Waals surface area contributed by atoms with Gasteiger partial charge in [0.15, 0.2) is 0 Å². The van der Waals surface area contributed by atoms with Crippen molar-refractivity contribution in [2.45, 2.75) is 19.0 Å². The molecule has 7 heteroatoms. The van der Waals surface area contributed by atoms with Crippen LogP contribution in [0.3, 0.4) is 0 Å². The summed E-state index contributed by atoms with van der Waals surface area (Å²) in [5, 5.41) is 7.92. The third kappa shape index (κ3) is 2.89. The van der Waals surface area contributed by atoms with Crippen molar-refractivity contribution in [2.75, 3.05) is 13.7 Å². The highest BCUT2D eigenvalue weighted by Crippen LogP contribution is 2.11. The zero-order chi connectivity index (χ0) is 12.1. The van der Waals surface area contributed by atoms with Crippen LogP contribution in [0.4, 0.5) is 0 Å². The van der Waals surface area contributed by atoms with Gasteiger partial charge in [0.2, 0.25) is 0 Å². The van der Waals surface area contributed by atoms with E-state index in [0.29, 0.717) is 19.6 Å². The molecule has 0 aromatic carbocycles. The van der Waals surface area contributed by atoms with Crippen molar-refractivity contribution in [3.8, 4) is 0 Å². The molecule has 0 aliphatic rings. The highest BCUT2D eigenvalue weighted by atomic mass is 16.5. The van der Waals surface area contributed by atoms with Gasteiger partial charge in [-0.25, -0.2) is 4.98 Å². The quantitative estimate of drug-likeness (QED) is 0.729. The van der Waals surface area contributed by atoms with Gasteiger partial charge in [-0.1, -0.05) is 0 Å². The first-order chi connectivity index (χ1) is 8.31. The minimum absolute atomic E-state index is 0.199. The summed E-state index contributed by atoms with van der Waals surface area (Å²) in [5.74, 6) is 0.761. The van der Waals surface area contributed by atoms with Crippen LogP contribution in [0.25, 0.3) is 0 Å². The Morgan fingerprint density at radius 1 is 1.59 bits per heavy atom. The summed E-state index contributed by atoms with van der Waals surface area (Å²) in [6.07, 6.45) is 5.72. The fourth-order valence-electron chi connectivity index (χ4n) is 1.64. The van der Waals surface area contributed by atoms with Crippen LogP contribution in [-0.2, 0) is 17.7 Å². The lowest BCUT2D eigenvalue weighted by Gasteiger charge is -2.11. The van der Waals surface area contributed by atoms with Gasteiger partial charge in [-0.05, 0) is 0 Å². The molecular formula is C10H16N6O. The molecule has 2 aromatic heterocycles. The van der Waals surface area contributed by atoms with Gasteiger partial charge in [0, 0.05) is 32.0 Å². The summed E-state index contributed by atoms with van der Waals surface area (Å²) in [6.45, 7) is 1.32. The third-order valence-electron chi connectivity index (χ3n) is 2.51. The van der Waals surface area contributed by atoms with Crippen LogP contribution in [-0.4, -0.2) is 38.4 Å². The maximum atomic E-state index is 6.09. The Kier molecular flexibility index (Phi) is 3.84. The number of imidazole rings is 1. The van der Waals surface area contributed by atoms with E-state index in [1.807, 2.05) is 4.57 Å². The monoisotopic (exact) mass is 236 g/mol. The average Bonchev–Trinajstić information content (AvgIpc) is 2.96. The van der Waals surface area contributed by atoms with Crippen LogP contribution < -0.4 is 5.73 Å². The van der Waals surface area contributed by atoms with Crippen LogP contribution in [0.5, 0.6) is 0 Å². The van der Waals surface area contributed by atoms with E-state index in [1.54, 1.807) is 26.0 Å². The summed E-state index contributed by atoms with van der Waals surface area (Å²) in [4.78, 5) is 6.97. The van der Waals surface area contributed by atoms with Crippen LogP contribution in [0.2, 0.25) is 0 Å². The number of hydrogen-bond acceptors (Lipinski definition) is 5. The lowest BCUT2D eigenvalue weighted by atomic mass is 10.1. The van der Waals surface area contributed by atoms with E-state index in [-0.39, 0.29) is 6.04 Å². The Labute approximate surface area is 99.0 Å². The molecular weight excluding hydrogens is 220 g/mol. The number of nitrogens with one attached hydrogen (secondary N) is 1. The van der Waals surface area contributed by atoms with Gasteiger partial charge in [-0.2, -0.15) is 0 Å². The lowest BCUT2D eigenvalue weighted by molar-refractivity contribution is 0.185. The summed E-state index contributed by atoms with van der Waals surface area (Å²) >= 11 is 0. The summed E-state index contributed by atoms with van der Waals surface area (Å²) in [5.41, 5.74) is 7.08. The molecule has 0 aliphatic heterocycles. The molecule has 0 unspecified atom stereocenters. The first-order valence-electron chi connectivity index (χ1n) is 5.40. The average molecular weight is 236 g/mol. The molecule has 0 amide bonds. The van der Waals surface area contributed by atoms with E-state index < -0.39 is 0 Å². The van der Waals surface area contributed by atoms with Crippen molar-refractivity contribution < 1.29 is 4.74 Å². The Balaban J connectivity index is 2.03. The minimum atomic E-state index is -0.199. The molecule has 92 valence electrons. The first kappa shape index (κ1) is 11.7. The number of H-pyrrole nitrogens is 1. The number of hydrogen-bond donors (Lipinski definition) is 2. The molecule has 0 aliphatic carbocycles. The molecule has 7 nitrogen and oxygen atoms in total. The Bertz CT molecular complexity index is 437. The largest absolute Gasteiger partial charge is 0.383 e. The SMILES string of the molecule is COCCn1cnnc1[C@H](N)Cc1cnc[nH]1. The highest BCUT2D eigenvalue weighted by molar-refractivity contribution is 5.03. The van der Waals surface area contributed by atoms with Crippen LogP contribution in [0.15, 0.2) is 18.9 Å². The predicted octanol–water partition coefficient (Wildman–Crippen LogP) is -0.110. The molecule has 0 bridgehead atoms.